The van der Waals surface area contributed by atoms with Crippen LogP contribution in [0.15, 0.2) is 41.1 Å². The van der Waals surface area contributed by atoms with Crippen molar-refractivity contribution in [2.24, 2.45) is 0 Å². The van der Waals surface area contributed by atoms with Crippen LogP contribution >= 0.6 is 11.3 Å². The second kappa shape index (κ2) is 7.46. The van der Waals surface area contributed by atoms with Crippen molar-refractivity contribution in [1.82, 2.24) is 5.32 Å². The van der Waals surface area contributed by atoms with E-state index in [0.29, 0.717) is 6.04 Å². The second-order valence-electron chi connectivity index (χ2n) is 4.94. The van der Waals surface area contributed by atoms with Crippen LogP contribution in [0, 0.1) is 0 Å². The molecule has 2 aromatic rings. The Kier molecular flexibility index (Phi) is 5.62. The fourth-order valence-electron chi connectivity index (χ4n) is 2.30. The number of thiophene rings is 1. The Labute approximate surface area is 120 Å². The minimum Gasteiger partial charge on any atom is -0.310 e. The fraction of sp³-hybridized carbons (Fsp3) is 0.412. The van der Waals surface area contributed by atoms with Gasteiger partial charge in [-0.3, -0.25) is 0 Å². The molecule has 0 fully saturated rings. The molecule has 0 aliphatic rings. The molecule has 0 saturated heterocycles. The Hall–Kier alpha value is -1.12. The van der Waals surface area contributed by atoms with Gasteiger partial charge in [-0.15, -0.1) is 0 Å². The van der Waals surface area contributed by atoms with Gasteiger partial charge < -0.3 is 5.32 Å². The van der Waals surface area contributed by atoms with E-state index in [1.165, 1.54) is 23.1 Å². The Balaban J connectivity index is 2.15. The van der Waals surface area contributed by atoms with Gasteiger partial charge in [-0.25, -0.2) is 0 Å². The van der Waals surface area contributed by atoms with Gasteiger partial charge in [0.15, 0.2) is 0 Å². The van der Waals surface area contributed by atoms with Crippen molar-refractivity contribution >= 4 is 11.3 Å². The van der Waals surface area contributed by atoms with Crippen LogP contribution in [0.1, 0.15) is 43.0 Å². The second-order valence-corrected chi connectivity index (χ2v) is 5.72. The van der Waals surface area contributed by atoms with E-state index < -0.39 is 0 Å². The van der Waals surface area contributed by atoms with E-state index in [4.69, 9.17) is 0 Å². The predicted octanol–water partition coefficient (Wildman–Crippen LogP) is 4.59. The summed E-state index contributed by atoms with van der Waals surface area (Å²) in [6.45, 7) is 5.51. The predicted molar refractivity (Wildman–Crippen MR) is 84.9 cm³/mol. The Morgan fingerprint density at radius 3 is 2.74 bits per heavy atom. The highest BCUT2D eigenvalue weighted by atomic mass is 32.1. The van der Waals surface area contributed by atoms with Gasteiger partial charge in [-0.05, 0) is 59.3 Å². The lowest BCUT2D eigenvalue weighted by molar-refractivity contribution is 0.529. The third-order valence-electron chi connectivity index (χ3n) is 3.42. The number of nitrogens with one attached hydrogen (secondary N) is 1. The van der Waals surface area contributed by atoms with E-state index in [-0.39, 0.29) is 0 Å². The first-order valence-electron chi connectivity index (χ1n) is 7.16. The van der Waals surface area contributed by atoms with Crippen molar-refractivity contribution in [3.63, 3.8) is 0 Å². The monoisotopic (exact) mass is 273 g/mol. The molecule has 0 amide bonds. The molecule has 0 aliphatic carbocycles. The number of hydrogen-bond donors (Lipinski definition) is 1. The van der Waals surface area contributed by atoms with Crippen molar-refractivity contribution in [2.45, 2.75) is 39.2 Å². The van der Waals surface area contributed by atoms with E-state index in [1.54, 1.807) is 11.3 Å². The van der Waals surface area contributed by atoms with Gasteiger partial charge in [0.25, 0.3) is 0 Å². The van der Waals surface area contributed by atoms with Crippen LogP contribution in [0.5, 0.6) is 0 Å². The number of hydrogen-bond acceptors (Lipinski definition) is 2. The summed E-state index contributed by atoms with van der Waals surface area (Å²) in [5, 5.41) is 8.10. The molecule has 2 heteroatoms. The highest BCUT2D eigenvalue weighted by molar-refractivity contribution is 7.07. The van der Waals surface area contributed by atoms with Gasteiger partial charge in [-0.1, -0.05) is 38.1 Å². The molecular weight excluding hydrogens is 250 g/mol. The van der Waals surface area contributed by atoms with E-state index in [9.17, 15) is 0 Å². The summed E-state index contributed by atoms with van der Waals surface area (Å²) >= 11 is 1.78. The van der Waals surface area contributed by atoms with E-state index in [1.807, 2.05) is 0 Å². The number of aryl methyl sites for hydroxylation is 1. The van der Waals surface area contributed by atoms with Crippen LogP contribution < -0.4 is 5.32 Å². The minimum absolute atomic E-state index is 0.432. The summed E-state index contributed by atoms with van der Waals surface area (Å²) < 4.78 is 0. The molecule has 2 rings (SSSR count). The van der Waals surface area contributed by atoms with Crippen LogP contribution in [-0.4, -0.2) is 6.54 Å². The molecule has 0 bridgehead atoms. The topological polar surface area (TPSA) is 12.0 Å². The minimum atomic E-state index is 0.432. The molecule has 0 saturated carbocycles. The number of benzene rings is 1. The van der Waals surface area contributed by atoms with Gasteiger partial charge in [0, 0.05) is 6.04 Å². The summed E-state index contributed by atoms with van der Waals surface area (Å²) in [6.07, 6.45) is 3.36. The molecular formula is C17H23NS. The van der Waals surface area contributed by atoms with Gasteiger partial charge in [0.05, 0.1) is 0 Å². The largest absolute Gasteiger partial charge is 0.310 e. The molecule has 1 aromatic heterocycles. The number of rotatable bonds is 7. The maximum absolute atomic E-state index is 3.68. The Morgan fingerprint density at radius 1 is 1.16 bits per heavy atom. The van der Waals surface area contributed by atoms with Crippen molar-refractivity contribution < 1.29 is 0 Å². The van der Waals surface area contributed by atoms with Crippen molar-refractivity contribution in [2.75, 3.05) is 6.54 Å². The van der Waals surface area contributed by atoms with Crippen LogP contribution in [-0.2, 0) is 12.8 Å². The van der Waals surface area contributed by atoms with Gasteiger partial charge >= 0.3 is 0 Å². The first-order valence-corrected chi connectivity index (χ1v) is 8.11. The van der Waals surface area contributed by atoms with Crippen molar-refractivity contribution in [1.29, 1.82) is 0 Å². The van der Waals surface area contributed by atoms with Gasteiger partial charge in [0.1, 0.15) is 0 Å². The zero-order valence-electron chi connectivity index (χ0n) is 11.9. The zero-order chi connectivity index (χ0) is 13.5. The third kappa shape index (κ3) is 4.19. The summed E-state index contributed by atoms with van der Waals surface area (Å²) in [6, 6.07) is 11.7. The quantitative estimate of drug-likeness (QED) is 0.777. The first-order chi connectivity index (χ1) is 9.33. The highest BCUT2D eigenvalue weighted by Crippen LogP contribution is 2.21. The summed E-state index contributed by atoms with van der Waals surface area (Å²) in [5.74, 6) is 0. The van der Waals surface area contributed by atoms with Gasteiger partial charge in [-0.2, -0.15) is 11.3 Å². The normalized spacial score (nSPS) is 12.5. The average molecular weight is 273 g/mol. The summed E-state index contributed by atoms with van der Waals surface area (Å²) in [5.41, 5.74) is 4.27. The first kappa shape index (κ1) is 14.3. The third-order valence-corrected chi connectivity index (χ3v) is 4.15. The van der Waals surface area contributed by atoms with Crippen molar-refractivity contribution in [3.8, 4) is 0 Å². The van der Waals surface area contributed by atoms with Crippen molar-refractivity contribution in [3.05, 3.63) is 57.8 Å². The molecule has 1 nitrogen and oxygen atoms in total. The van der Waals surface area contributed by atoms with Crippen LogP contribution in [0.25, 0.3) is 0 Å². The van der Waals surface area contributed by atoms with Crippen LogP contribution in [0.2, 0.25) is 0 Å². The molecule has 0 spiro atoms. The van der Waals surface area contributed by atoms with E-state index in [0.717, 1.165) is 19.4 Å². The maximum Gasteiger partial charge on any atom is 0.0361 e. The SMILES string of the molecule is CCCNC(Cc1ccsc1)c1cccc(CC)c1. The molecule has 1 atom stereocenters. The summed E-state index contributed by atoms with van der Waals surface area (Å²) in [4.78, 5) is 0. The summed E-state index contributed by atoms with van der Waals surface area (Å²) in [7, 11) is 0. The Bertz CT molecular complexity index is 476. The van der Waals surface area contributed by atoms with E-state index >= 15 is 0 Å². The smallest absolute Gasteiger partial charge is 0.0361 e. The lowest BCUT2D eigenvalue weighted by atomic mass is 9.98. The standard InChI is InChI=1S/C17H23NS/c1-3-9-18-17(12-15-8-10-19-13-15)16-7-5-6-14(4-2)11-16/h5-8,10-11,13,17-18H,3-4,9,12H2,1-2H3. The van der Waals surface area contributed by atoms with Gasteiger partial charge in [0.2, 0.25) is 0 Å². The molecule has 102 valence electrons. The Morgan fingerprint density at radius 2 is 2.05 bits per heavy atom. The molecule has 19 heavy (non-hydrogen) atoms. The maximum atomic E-state index is 3.68. The molecule has 1 heterocycles. The zero-order valence-corrected chi connectivity index (χ0v) is 12.7. The van der Waals surface area contributed by atoms with E-state index in [2.05, 4.69) is 60.3 Å². The van der Waals surface area contributed by atoms with Crippen LogP contribution in [0.4, 0.5) is 0 Å². The molecule has 1 N–H and O–H groups in total. The molecule has 0 radical (unpaired) electrons. The fourth-order valence-corrected chi connectivity index (χ4v) is 2.98. The average Bonchev–Trinajstić information content (AvgIpc) is 2.96. The van der Waals surface area contributed by atoms with Crippen LogP contribution in [0.3, 0.4) is 0 Å². The molecule has 0 aliphatic heterocycles. The highest BCUT2D eigenvalue weighted by Gasteiger charge is 2.12. The lowest BCUT2D eigenvalue weighted by Crippen LogP contribution is -2.24. The lowest BCUT2D eigenvalue weighted by Gasteiger charge is -2.19. The molecule has 1 aromatic carbocycles. The molecule has 1 unspecified atom stereocenters.